The Morgan fingerprint density at radius 1 is 1.17 bits per heavy atom. The highest BCUT2D eigenvalue weighted by Gasteiger charge is 2.58. The number of benzene rings is 1. The zero-order valence-electron chi connectivity index (χ0n) is 15.5. The predicted octanol–water partition coefficient (Wildman–Crippen LogP) is 3.12. The summed E-state index contributed by atoms with van der Waals surface area (Å²) in [5, 5.41) is 2.19. The van der Waals surface area contributed by atoms with Crippen LogP contribution in [0.5, 0.6) is 0 Å². The monoisotopic (exact) mass is 419 g/mol. The quantitative estimate of drug-likeness (QED) is 0.751. The fourth-order valence-electron chi connectivity index (χ4n) is 4.68. The van der Waals surface area contributed by atoms with Gasteiger partial charge in [-0.1, -0.05) is 0 Å². The van der Waals surface area contributed by atoms with E-state index in [4.69, 9.17) is 4.74 Å². The maximum atomic E-state index is 13.7. The molecule has 1 aromatic carbocycles. The summed E-state index contributed by atoms with van der Waals surface area (Å²) in [5.74, 6) is -1.58. The molecular weight excluding hydrogens is 400 g/mol. The van der Waals surface area contributed by atoms with Crippen LogP contribution in [0.3, 0.4) is 0 Å². The number of carbonyl (C=O) groups is 2. The summed E-state index contributed by atoms with van der Waals surface area (Å²) in [7, 11) is 0. The molecule has 1 spiro atoms. The van der Waals surface area contributed by atoms with E-state index >= 15 is 0 Å². The first kappa shape index (κ1) is 18.6. The molecule has 0 saturated carbocycles. The number of piperidine rings is 1. The second-order valence-electron chi connectivity index (χ2n) is 7.70. The van der Waals surface area contributed by atoms with Gasteiger partial charge in [-0.05, 0) is 30.5 Å². The number of nitrogens with zero attached hydrogens (tertiary/aromatic N) is 3. The Labute approximate surface area is 170 Å². The van der Waals surface area contributed by atoms with Gasteiger partial charge in [-0.25, -0.2) is 13.8 Å². The average Bonchev–Trinajstić information content (AvgIpc) is 3.41. The van der Waals surface area contributed by atoms with E-state index in [0.29, 0.717) is 49.3 Å². The van der Waals surface area contributed by atoms with Gasteiger partial charge in [0.2, 0.25) is 0 Å². The van der Waals surface area contributed by atoms with Crippen molar-refractivity contribution in [2.24, 2.45) is 0 Å². The summed E-state index contributed by atoms with van der Waals surface area (Å²) < 4.78 is 33.6. The third kappa shape index (κ3) is 3.03. The lowest BCUT2D eigenvalue weighted by molar-refractivity contribution is -0.142. The zero-order valence-corrected chi connectivity index (χ0v) is 16.3. The number of aromatic nitrogens is 1. The Balaban J connectivity index is 1.33. The van der Waals surface area contributed by atoms with Crippen LogP contribution < -0.4 is 0 Å². The lowest BCUT2D eigenvalue weighted by Gasteiger charge is -2.37. The van der Waals surface area contributed by atoms with Crippen molar-refractivity contribution in [1.29, 1.82) is 0 Å². The van der Waals surface area contributed by atoms with Crippen molar-refractivity contribution in [3.8, 4) is 0 Å². The van der Waals surface area contributed by atoms with Crippen LogP contribution in [0, 0.1) is 11.6 Å². The number of ether oxygens (including phenoxy) is 1. The second kappa shape index (κ2) is 6.84. The third-order valence-electron chi connectivity index (χ3n) is 6.06. The number of rotatable bonds is 2. The first-order valence-corrected chi connectivity index (χ1v) is 10.5. The van der Waals surface area contributed by atoms with Gasteiger partial charge in [-0.3, -0.25) is 9.59 Å². The number of fused-ring (bicyclic) bond motifs is 1. The molecule has 0 unspecified atom stereocenters. The zero-order chi connectivity index (χ0) is 20.2. The highest BCUT2D eigenvalue weighted by Crippen LogP contribution is 2.47. The fraction of sp³-hybridized carbons (Fsp3) is 0.450. The van der Waals surface area contributed by atoms with Gasteiger partial charge in [-0.15, -0.1) is 11.3 Å². The molecule has 3 saturated heterocycles. The molecule has 6 nitrogen and oxygen atoms in total. The molecule has 9 heteroatoms. The van der Waals surface area contributed by atoms with E-state index < -0.39 is 23.3 Å². The molecule has 0 bridgehead atoms. The molecule has 2 atom stereocenters. The Kier molecular flexibility index (Phi) is 4.40. The van der Waals surface area contributed by atoms with Gasteiger partial charge >= 0.3 is 0 Å². The highest BCUT2D eigenvalue weighted by molar-refractivity contribution is 7.11. The highest BCUT2D eigenvalue weighted by atomic mass is 32.1. The van der Waals surface area contributed by atoms with E-state index in [1.807, 2.05) is 0 Å². The number of halogens is 2. The van der Waals surface area contributed by atoms with Crippen LogP contribution in [0.15, 0.2) is 29.8 Å². The molecule has 0 N–H and O–H groups in total. The fourth-order valence-corrected chi connectivity index (χ4v) is 5.28. The molecule has 1 aromatic heterocycles. The maximum absolute atomic E-state index is 13.7. The summed E-state index contributed by atoms with van der Waals surface area (Å²) in [6, 6.07) is 2.99. The molecule has 2 aromatic rings. The molecule has 2 amide bonds. The molecule has 0 radical (unpaired) electrons. The maximum Gasteiger partial charge on any atom is 0.282 e. The average molecular weight is 419 g/mol. The van der Waals surface area contributed by atoms with Crippen LogP contribution in [-0.4, -0.2) is 51.5 Å². The minimum absolute atomic E-state index is 0.131. The molecule has 4 heterocycles. The summed E-state index contributed by atoms with van der Waals surface area (Å²) in [6.45, 7) is 0.813. The minimum Gasteiger partial charge on any atom is -0.342 e. The molecule has 29 heavy (non-hydrogen) atoms. The molecule has 152 valence electrons. The van der Waals surface area contributed by atoms with Crippen LogP contribution >= 0.6 is 11.3 Å². The molecule has 3 fully saturated rings. The van der Waals surface area contributed by atoms with E-state index in [1.54, 1.807) is 21.4 Å². The van der Waals surface area contributed by atoms with E-state index in [9.17, 15) is 18.4 Å². The van der Waals surface area contributed by atoms with Gasteiger partial charge < -0.3 is 14.5 Å². The van der Waals surface area contributed by atoms with Crippen LogP contribution in [0.2, 0.25) is 0 Å². The second-order valence-corrected chi connectivity index (χ2v) is 8.60. The summed E-state index contributed by atoms with van der Waals surface area (Å²) in [5.41, 5.74) is -0.509. The molecular formula is C20H19F2N3O3S. The van der Waals surface area contributed by atoms with Crippen molar-refractivity contribution in [1.82, 2.24) is 14.8 Å². The van der Waals surface area contributed by atoms with Crippen LogP contribution in [0.25, 0.3) is 0 Å². The van der Waals surface area contributed by atoms with E-state index in [0.717, 1.165) is 6.07 Å². The predicted molar refractivity (Wildman–Crippen MR) is 100 cm³/mol. The number of hydrogen-bond acceptors (Lipinski definition) is 5. The number of thiazole rings is 1. The van der Waals surface area contributed by atoms with Gasteiger partial charge in [0, 0.05) is 43.6 Å². The smallest absolute Gasteiger partial charge is 0.282 e. The molecule has 5 rings (SSSR count). The molecule has 0 aliphatic carbocycles. The molecule has 3 aliphatic rings. The Morgan fingerprint density at radius 2 is 1.90 bits per heavy atom. The summed E-state index contributed by atoms with van der Waals surface area (Å²) >= 11 is 1.29. The summed E-state index contributed by atoms with van der Waals surface area (Å²) in [4.78, 5) is 33.2. The van der Waals surface area contributed by atoms with Crippen molar-refractivity contribution in [2.75, 3.05) is 13.1 Å². The largest absolute Gasteiger partial charge is 0.342 e. The standard InChI is InChI=1S/C20H19F2N3O3S/c21-13-9-12(10-14(22)11-13)15-1-2-16-25(15)19(27)20(28-16)3-6-24(7-4-20)18(26)17-23-5-8-29-17/h5,8-11,15-16H,1-4,6-7H2/t15-,16+/m0/s1. The van der Waals surface area contributed by atoms with Crippen LogP contribution in [-0.2, 0) is 9.53 Å². The first-order chi connectivity index (χ1) is 14.0. The number of amides is 2. The summed E-state index contributed by atoms with van der Waals surface area (Å²) in [6.07, 6.45) is 3.24. The molecule has 3 aliphatic heterocycles. The first-order valence-electron chi connectivity index (χ1n) is 9.62. The van der Waals surface area contributed by atoms with Crippen molar-refractivity contribution < 1.29 is 23.1 Å². The van der Waals surface area contributed by atoms with E-state index in [-0.39, 0.29) is 18.0 Å². The van der Waals surface area contributed by atoms with Crippen molar-refractivity contribution in [2.45, 2.75) is 43.6 Å². The van der Waals surface area contributed by atoms with Crippen LogP contribution in [0.4, 0.5) is 8.78 Å². The van der Waals surface area contributed by atoms with Gasteiger partial charge in [0.15, 0.2) is 10.6 Å². The van der Waals surface area contributed by atoms with Crippen molar-refractivity contribution in [3.05, 3.63) is 52.0 Å². The Bertz CT molecular complexity index is 940. The minimum atomic E-state index is -0.963. The lowest BCUT2D eigenvalue weighted by Crippen LogP contribution is -2.51. The van der Waals surface area contributed by atoms with Gasteiger partial charge in [0.1, 0.15) is 17.9 Å². The Hall–Kier alpha value is -2.39. The normalized spacial score (nSPS) is 25.7. The Morgan fingerprint density at radius 3 is 2.55 bits per heavy atom. The topological polar surface area (TPSA) is 62.7 Å². The lowest BCUT2D eigenvalue weighted by atomic mass is 9.89. The third-order valence-corrected chi connectivity index (χ3v) is 6.82. The van der Waals surface area contributed by atoms with Gasteiger partial charge in [-0.2, -0.15) is 0 Å². The number of hydrogen-bond donors (Lipinski definition) is 0. The number of carbonyl (C=O) groups excluding carboxylic acids is 2. The van der Waals surface area contributed by atoms with Crippen molar-refractivity contribution >= 4 is 23.2 Å². The van der Waals surface area contributed by atoms with E-state index in [1.165, 1.54) is 23.5 Å². The van der Waals surface area contributed by atoms with Crippen LogP contribution in [0.1, 0.15) is 47.1 Å². The number of likely N-dealkylation sites (tertiary alicyclic amines) is 1. The van der Waals surface area contributed by atoms with Crippen molar-refractivity contribution in [3.63, 3.8) is 0 Å². The SMILES string of the molecule is O=C(c1nccs1)N1CCC2(CC1)O[C@@H]1CC[C@@H](c3cc(F)cc(F)c3)N1C2=O. The van der Waals surface area contributed by atoms with E-state index in [2.05, 4.69) is 4.98 Å². The van der Waals surface area contributed by atoms with Gasteiger partial charge in [0.25, 0.3) is 11.8 Å². The van der Waals surface area contributed by atoms with Gasteiger partial charge in [0.05, 0.1) is 6.04 Å².